The van der Waals surface area contributed by atoms with Crippen molar-refractivity contribution in [2.24, 2.45) is 0 Å². The van der Waals surface area contributed by atoms with Crippen molar-refractivity contribution >= 4 is 10.8 Å². The molecule has 1 heterocycles. The van der Waals surface area contributed by atoms with E-state index in [0.717, 1.165) is 10.5 Å². The van der Waals surface area contributed by atoms with E-state index in [-0.39, 0.29) is 0 Å². The summed E-state index contributed by atoms with van der Waals surface area (Å²) in [6.45, 7) is 5.93. The maximum atomic E-state index is 10.9. The zero-order valence-corrected chi connectivity index (χ0v) is 8.81. The number of aryl methyl sites for hydroxylation is 1. The lowest BCUT2D eigenvalue weighted by Gasteiger charge is -1.94. The number of pyridine rings is 1. The Balaban J connectivity index is 0.000000561. The lowest BCUT2D eigenvalue weighted by Crippen LogP contribution is -1.88. The van der Waals surface area contributed by atoms with Gasteiger partial charge >= 0.3 is 0 Å². The molecular weight excluding hydrogens is 170 g/mol. The van der Waals surface area contributed by atoms with Crippen LogP contribution in [0.4, 0.5) is 0 Å². The normalized spacial score (nSPS) is 11.3. The van der Waals surface area contributed by atoms with Crippen LogP contribution < -0.4 is 0 Å². The number of hydrogen-bond acceptors (Lipinski definition) is 2. The lowest BCUT2D eigenvalue weighted by molar-refractivity contribution is 0.686. The van der Waals surface area contributed by atoms with E-state index in [1.165, 1.54) is 0 Å². The highest BCUT2D eigenvalue weighted by Crippen LogP contribution is 2.03. The van der Waals surface area contributed by atoms with Crippen LogP contribution in [0.2, 0.25) is 0 Å². The van der Waals surface area contributed by atoms with Crippen molar-refractivity contribution in [3.05, 3.63) is 24.0 Å². The SMILES string of the molecule is CC.Cc1cncc(S(C)=O)c1. The van der Waals surface area contributed by atoms with Crippen LogP contribution in [0.5, 0.6) is 0 Å². The minimum absolute atomic E-state index is 0.792. The lowest BCUT2D eigenvalue weighted by atomic mass is 10.3. The van der Waals surface area contributed by atoms with Crippen LogP contribution in [0.25, 0.3) is 0 Å². The molecule has 1 aromatic heterocycles. The molecule has 0 N–H and O–H groups in total. The van der Waals surface area contributed by atoms with E-state index in [9.17, 15) is 4.21 Å². The van der Waals surface area contributed by atoms with E-state index in [1.54, 1.807) is 18.6 Å². The molecule has 2 nitrogen and oxygen atoms in total. The molecule has 0 saturated heterocycles. The van der Waals surface area contributed by atoms with Crippen molar-refractivity contribution in [3.63, 3.8) is 0 Å². The molecule has 1 rings (SSSR count). The first-order valence-electron chi connectivity index (χ1n) is 3.95. The van der Waals surface area contributed by atoms with E-state index in [4.69, 9.17) is 0 Å². The summed E-state index contributed by atoms with van der Waals surface area (Å²) in [6, 6.07) is 1.88. The first-order chi connectivity index (χ1) is 5.70. The van der Waals surface area contributed by atoms with Gasteiger partial charge in [0.15, 0.2) is 0 Å². The average molecular weight is 185 g/mol. The highest BCUT2D eigenvalue weighted by Gasteiger charge is 1.95. The summed E-state index contributed by atoms with van der Waals surface area (Å²) >= 11 is 0. The second-order valence-electron chi connectivity index (χ2n) is 2.15. The minimum atomic E-state index is -0.902. The third kappa shape index (κ3) is 3.62. The van der Waals surface area contributed by atoms with E-state index in [2.05, 4.69) is 4.98 Å². The van der Waals surface area contributed by atoms with Gasteiger partial charge in [-0.05, 0) is 18.6 Å². The highest BCUT2D eigenvalue weighted by molar-refractivity contribution is 7.84. The summed E-state index contributed by atoms with van der Waals surface area (Å²) in [4.78, 5) is 4.70. The number of rotatable bonds is 1. The number of aromatic nitrogens is 1. The third-order valence-corrected chi connectivity index (χ3v) is 2.07. The smallest absolute Gasteiger partial charge is 0.0571 e. The Morgan fingerprint density at radius 3 is 2.25 bits per heavy atom. The fourth-order valence-electron chi connectivity index (χ4n) is 0.684. The molecule has 1 aromatic rings. The molecule has 0 bridgehead atoms. The van der Waals surface area contributed by atoms with Crippen LogP contribution in [0, 0.1) is 6.92 Å². The summed E-state index contributed by atoms with van der Waals surface area (Å²) in [5.41, 5.74) is 1.05. The van der Waals surface area contributed by atoms with Crippen molar-refractivity contribution in [1.82, 2.24) is 4.98 Å². The fraction of sp³-hybridized carbons (Fsp3) is 0.444. The minimum Gasteiger partial charge on any atom is -0.263 e. The van der Waals surface area contributed by atoms with Crippen LogP contribution in [0.15, 0.2) is 23.4 Å². The molecule has 0 aromatic carbocycles. The van der Waals surface area contributed by atoms with E-state index >= 15 is 0 Å². The van der Waals surface area contributed by atoms with Gasteiger partial charge in [0.1, 0.15) is 0 Å². The quantitative estimate of drug-likeness (QED) is 0.671. The van der Waals surface area contributed by atoms with Crippen molar-refractivity contribution in [3.8, 4) is 0 Å². The van der Waals surface area contributed by atoms with Gasteiger partial charge in [0.05, 0.1) is 15.7 Å². The van der Waals surface area contributed by atoms with Gasteiger partial charge in [0, 0.05) is 18.6 Å². The summed E-state index contributed by atoms with van der Waals surface area (Å²) in [5, 5.41) is 0. The maximum absolute atomic E-state index is 10.9. The van der Waals surface area contributed by atoms with Crippen molar-refractivity contribution in [1.29, 1.82) is 0 Å². The predicted molar refractivity (Wildman–Crippen MR) is 52.7 cm³/mol. The summed E-state index contributed by atoms with van der Waals surface area (Å²) in [6.07, 6.45) is 5.02. The first kappa shape index (κ1) is 11.3. The molecule has 0 fully saturated rings. The fourth-order valence-corrected chi connectivity index (χ4v) is 1.25. The van der Waals surface area contributed by atoms with Crippen molar-refractivity contribution in [2.45, 2.75) is 25.7 Å². The van der Waals surface area contributed by atoms with Crippen molar-refractivity contribution in [2.75, 3.05) is 6.26 Å². The second-order valence-corrected chi connectivity index (χ2v) is 3.53. The average Bonchev–Trinajstić information content (AvgIpc) is 2.08. The monoisotopic (exact) mass is 185 g/mol. The molecule has 68 valence electrons. The molecular formula is C9H15NOS. The van der Waals surface area contributed by atoms with E-state index in [1.807, 2.05) is 26.8 Å². The molecule has 0 saturated carbocycles. The van der Waals surface area contributed by atoms with Crippen molar-refractivity contribution < 1.29 is 4.21 Å². The van der Waals surface area contributed by atoms with Crippen LogP contribution in [-0.2, 0) is 10.8 Å². The van der Waals surface area contributed by atoms with Gasteiger partial charge < -0.3 is 0 Å². The van der Waals surface area contributed by atoms with Crippen LogP contribution >= 0.6 is 0 Å². The molecule has 0 aliphatic heterocycles. The molecule has 0 aliphatic carbocycles. The molecule has 12 heavy (non-hydrogen) atoms. The Kier molecular flexibility index (Phi) is 5.54. The Morgan fingerprint density at radius 2 is 1.92 bits per heavy atom. The zero-order chi connectivity index (χ0) is 9.56. The van der Waals surface area contributed by atoms with Crippen LogP contribution in [0.1, 0.15) is 19.4 Å². The Bertz CT molecular complexity index is 260. The van der Waals surface area contributed by atoms with Gasteiger partial charge in [-0.3, -0.25) is 9.19 Å². The molecule has 0 radical (unpaired) electrons. The zero-order valence-electron chi connectivity index (χ0n) is 8.00. The Morgan fingerprint density at radius 1 is 1.33 bits per heavy atom. The predicted octanol–water partition coefficient (Wildman–Crippen LogP) is 2.15. The number of nitrogens with zero attached hydrogens (tertiary/aromatic N) is 1. The molecule has 0 spiro atoms. The van der Waals surface area contributed by atoms with Gasteiger partial charge in [-0.15, -0.1) is 0 Å². The van der Waals surface area contributed by atoms with Crippen LogP contribution in [0.3, 0.4) is 0 Å². The van der Waals surface area contributed by atoms with Crippen LogP contribution in [-0.4, -0.2) is 15.4 Å². The highest BCUT2D eigenvalue weighted by atomic mass is 32.2. The molecule has 1 unspecified atom stereocenters. The third-order valence-electron chi connectivity index (χ3n) is 1.18. The van der Waals surface area contributed by atoms with Gasteiger partial charge in [-0.1, -0.05) is 13.8 Å². The van der Waals surface area contributed by atoms with E-state index in [0.29, 0.717) is 0 Å². The first-order valence-corrected chi connectivity index (χ1v) is 5.51. The summed E-state index contributed by atoms with van der Waals surface area (Å²) < 4.78 is 10.9. The number of hydrogen-bond donors (Lipinski definition) is 0. The van der Waals surface area contributed by atoms with Gasteiger partial charge in [0.2, 0.25) is 0 Å². The van der Waals surface area contributed by atoms with Gasteiger partial charge in [-0.25, -0.2) is 0 Å². The summed E-state index contributed by atoms with van der Waals surface area (Å²) in [7, 11) is -0.902. The largest absolute Gasteiger partial charge is 0.263 e. The molecule has 0 aliphatic rings. The molecule has 0 amide bonds. The van der Waals surface area contributed by atoms with E-state index < -0.39 is 10.8 Å². The Labute approximate surface area is 76.5 Å². The standard InChI is InChI=1S/C7H9NOS.C2H6/c1-6-3-7(10(2)9)5-8-4-6;1-2/h3-5H,1-2H3;1-2H3. The maximum Gasteiger partial charge on any atom is 0.0571 e. The molecule has 3 heteroatoms. The van der Waals surface area contributed by atoms with Gasteiger partial charge in [-0.2, -0.15) is 0 Å². The second kappa shape index (κ2) is 5.89. The Hall–Kier alpha value is -0.700. The summed E-state index contributed by atoms with van der Waals surface area (Å²) in [5.74, 6) is 0. The topological polar surface area (TPSA) is 30.0 Å². The molecule has 1 atom stereocenters. The van der Waals surface area contributed by atoms with Gasteiger partial charge in [0.25, 0.3) is 0 Å².